The highest BCUT2D eigenvalue weighted by Gasteiger charge is 2.19. The van der Waals surface area contributed by atoms with E-state index >= 15 is 0 Å². The van der Waals surface area contributed by atoms with Crippen LogP contribution in [0.15, 0.2) is 18.3 Å². The molecule has 0 saturated heterocycles. The minimum absolute atomic E-state index is 0.0481. The number of rotatable bonds is 3. The summed E-state index contributed by atoms with van der Waals surface area (Å²) >= 11 is 11.5. The highest BCUT2D eigenvalue weighted by atomic mass is 35.5. The van der Waals surface area contributed by atoms with Crippen LogP contribution in [0, 0.1) is 12.7 Å². The quantitative estimate of drug-likeness (QED) is 0.873. The fourth-order valence-corrected chi connectivity index (χ4v) is 2.46. The first kappa shape index (κ1) is 15.8. The van der Waals surface area contributed by atoms with Gasteiger partial charge in [0, 0.05) is 18.3 Å². The lowest BCUT2D eigenvalue weighted by atomic mass is 10.1. The van der Waals surface area contributed by atoms with E-state index in [1.54, 1.807) is 10.9 Å². The van der Waals surface area contributed by atoms with E-state index in [0.29, 0.717) is 0 Å². The molecule has 2 aromatic rings. The number of carbonyl (C=O) groups is 1. The Kier molecular flexibility index (Phi) is 4.54. The summed E-state index contributed by atoms with van der Waals surface area (Å²) in [4.78, 5) is 12.2. The Balaban J connectivity index is 2.22. The van der Waals surface area contributed by atoms with Gasteiger partial charge in [0.05, 0.1) is 27.8 Å². The van der Waals surface area contributed by atoms with Crippen molar-refractivity contribution in [2.75, 3.05) is 0 Å². The average Bonchev–Trinajstić information content (AvgIpc) is 2.74. The first-order valence-corrected chi connectivity index (χ1v) is 7.00. The second-order valence-electron chi connectivity index (χ2n) is 4.75. The van der Waals surface area contributed by atoms with Crippen molar-refractivity contribution in [1.29, 1.82) is 0 Å². The third-order valence-electron chi connectivity index (χ3n) is 3.34. The number of amides is 1. The zero-order valence-corrected chi connectivity index (χ0v) is 13.3. The summed E-state index contributed by atoms with van der Waals surface area (Å²) in [6, 6.07) is 1.97. The summed E-state index contributed by atoms with van der Waals surface area (Å²) in [6.07, 6.45) is 1.68. The zero-order valence-electron chi connectivity index (χ0n) is 11.7. The van der Waals surface area contributed by atoms with Crippen LogP contribution >= 0.6 is 23.2 Å². The van der Waals surface area contributed by atoms with Crippen molar-refractivity contribution in [2.24, 2.45) is 7.05 Å². The lowest BCUT2D eigenvalue weighted by Crippen LogP contribution is -2.27. The maximum Gasteiger partial charge on any atom is 0.253 e. The largest absolute Gasteiger partial charge is 0.345 e. The van der Waals surface area contributed by atoms with Crippen molar-refractivity contribution in [3.63, 3.8) is 0 Å². The van der Waals surface area contributed by atoms with Gasteiger partial charge in [-0.2, -0.15) is 5.10 Å². The molecule has 0 fully saturated rings. The molecule has 0 aliphatic carbocycles. The van der Waals surface area contributed by atoms with Crippen LogP contribution in [0.2, 0.25) is 10.0 Å². The SMILES string of the molecule is Cc1c([C@H](C)NC(=O)c2cc(F)c(Cl)cc2Cl)cnn1C. The molecule has 7 heteroatoms. The van der Waals surface area contributed by atoms with Crippen molar-refractivity contribution in [1.82, 2.24) is 15.1 Å². The third kappa shape index (κ3) is 3.19. The fraction of sp³-hybridized carbons (Fsp3) is 0.286. The van der Waals surface area contributed by atoms with Crippen molar-refractivity contribution in [2.45, 2.75) is 19.9 Å². The highest BCUT2D eigenvalue weighted by molar-refractivity contribution is 6.36. The van der Waals surface area contributed by atoms with Gasteiger partial charge >= 0.3 is 0 Å². The molecule has 1 atom stereocenters. The van der Waals surface area contributed by atoms with E-state index in [-0.39, 0.29) is 21.7 Å². The second-order valence-corrected chi connectivity index (χ2v) is 5.56. The molecular formula is C14H14Cl2FN3O. The third-order valence-corrected chi connectivity index (χ3v) is 3.94. The minimum Gasteiger partial charge on any atom is -0.345 e. The molecule has 0 saturated carbocycles. The Morgan fingerprint density at radius 1 is 1.38 bits per heavy atom. The lowest BCUT2D eigenvalue weighted by molar-refractivity contribution is 0.0939. The van der Waals surface area contributed by atoms with Gasteiger partial charge in [0.15, 0.2) is 0 Å². The molecule has 0 bridgehead atoms. The van der Waals surface area contributed by atoms with Crippen molar-refractivity contribution in [3.8, 4) is 0 Å². The molecule has 2 rings (SSSR count). The van der Waals surface area contributed by atoms with Gasteiger partial charge in [0.2, 0.25) is 0 Å². The predicted molar refractivity (Wildman–Crippen MR) is 80.2 cm³/mol. The second kappa shape index (κ2) is 6.03. The molecule has 0 aliphatic rings. The zero-order chi connectivity index (χ0) is 15.7. The molecule has 1 aromatic heterocycles. The molecule has 0 unspecified atom stereocenters. The number of benzene rings is 1. The Morgan fingerprint density at radius 3 is 2.62 bits per heavy atom. The van der Waals surface area contributed by atoms with Gasteiger partial charge < -0.3 is 5.32 Å². The van der Waals surface area contributed by atoms with Crippen molar-refractivity contribution < 1.29 is 9.18 Å². The number of hydrogen-bond acceptors (Lipinski definition) is 2. The first-order valence-electron chi connectivity index (χ1n) is 6.25. The summed E-state index contributed by atoms with van der Waals surface area (Å²) in [5.41, 5.74) is 1.87. The molecule has 112 valence electrons. The molecule has 0 radical (unpaired) electrons. The van der Waals surface area contributed by atoms with E-state index in [1.807, 2.05) is 20.9 Å². The van der Waals surface area contributed by atoms with Crippen LogP contribution < -0.4 is 5.32 Å². The van der Waals surface area contributed by atoms with Crippen LogP contribution in [-0.4, -0.2) is 15.7 Å². The fourth-order valence-electron chi connectivity index (χ4n) is 1.99. The van der Waals surface area contributed by atoms with Gasteiger partial charge in [0.1, 0.15) is 5.82 Å². The Bertz CT molecular complexity index is 700. The van der Waals surface area contributed by atoms with Gasteiger partial charge in [-0.3, -0.25) is 9.48 Å². The van der Waals surface area contributed by atoms with Gasteiger partial charge in [-0.05, 0) is 26.0 Å². The maximum atomic E-state index is 13.5. The maximum absolute atomic E-state index is 13.5. The average molecular weight is 330 g/mol. The normalized spacial score (nSPS) is 12.3. The number of aromatic nitrogens is 2. The topological polar surface area (TPSA) is 46.9 Å². The smallest absolute Gasteiger partial charge is 0.253 e. The van der Waals surface area contributed by atoms with E-state index < -0.39 is 11.7 Å². The standard InChI is InChI=1S/C14H14Cl2FN3O/c1-7(10-6-18-20(3)8(10)2)19-14(21)9-4-13(17)12(16)5-11(9)15/h4-7H,1-3H3,(H,19,21)/t7-/m0/s1. The number of hydrogen-bond donors (Lipinski definition) is 1. The molecule has 4 nitrogen and oxygen atoms in total. The molecule has 21 heavy (non-hydrogen) atoms. The molecule has 1 amide bonds. The molecule has 1 heterocycles. The Morgan fingerprint density at radius 2 is 2.05 bits per heavy atom. The predicted octanol–water partition coefficient (Wildman–Crippen LogP) is 3.67. The minimum atomic E-state index is -0.684. The summed E-state index contributed by atoms with van der Waals surface area (Å²) in [6.45, 7) is 3.72. The number of halogens is 3. The van der Waals surface area contributed by atoms with E-state index in [2.05, 4.69) is 10.4 Å². The molecule has 1 N–H and O–H groups in total. The summed E-state index contributed by atoms with van der Waals surface area (Å²) in [5, 5.41) is 6.88. The van der Waals surface area contributed by atoms with Crippen LogP contribution in [0.1, 0.15) is 34.6 Å². The van der Waals surface area contributed by atoms with Gasteiger partial charge in [-0.1, -0.05) is 23.2 Å². The van der Waals surface area contributed by atoms with E-state index in [9.17, 15) is 9.18 Å². The van der Waals surface area contributed by atoms with Crippen LogP contribution in [0.5, 0.6) is 0 Å². The van der Waals surface area contributed by atoms with Crippen LogP contribution in [0.3, 0.4) is 0 Å². The van der Waals surface area contributed by atoms with Crippen molar-refractivity contribution in [3.05, 3.63) is 51.0 Å². The molecule has 1 aromatic carbocycles. The van der Waals surface area contributed by atoms with Crippen LogP contribution in [-0.2, 0) is 7.05 Å². The van der Waals surface area contributed by atoms with Gasteiger partial charge in [-0.15, -0.1) is 0 Å². The van der Waals surface area contributed by atoms with Crippen molar-refractivity contribution >= 4 is 29.1 Å². The van der Waals surface area contributed by atoms with E-state index in [4.69, 9.17) is 23.2 Å². The molecule has 0 spiro atoms. The molecular weight excluding hydrogens is 316 g/mol. The van der Waals surface area contributed by atoms with Gasteiger partial charge in [-0.25, -0.2) is 4.39 Å². The first-order chi connectivity index (χ1) is 9.81. The lowest BCUT2D eigenvalue weighted by Gasteiger charge is -2.14. The summed E-state index contributed by atoms with van der Waals surface area (Å²) < 4.78 is 15.2. The monoisotopic (exact) mass is 329 g/mol. The number of nitrogens with one attached hydrogen (secondary N) is 1. The number of carbonyl (C=O) groups excluding carboxylic acids is 1. The number of nitrogens with zero attached hydrogens (tertiary/aromatic N) is 2. The van der Waals surface area contributed by atoms with Crippen LogP contribution in [0.25, 0.3) is 0 Å². The van der Waals surface area contributed by atoms with E-state index in [1.165, 1.54) is 6.07 Å². The van der Waals surface area contributed by atoms with Crippen LogP contribution in [0.4, 0.5) is 4.39 Å². The highest BCUT2D eigenvalue weighted by Crippen LogP contribution is 2.25. The Hall–Kier alpha value is -1.59. The number of aryl methyl sites for hydroxylation is 1. The van der Waals surface area contributed by atoms with Gasteiger partial charge in [0.25, 0.3) is 5.91 Å². The summed E-state index contributed by atoms with van der Waals surface area (Å²) in [7, 11) is 1.82. The van der Waals surface area contributed by atoms with E-state index in [0.717, 1.165) is 17.3 Å². The summed E-state index contributed by atoms with van der Waals surface area (Å²) in [5.74, 6) is -1.15. The Labute approximate surface area is 131 Å². The molecule has 0 aliphatic heterocycles.